The zero-order chi connectivity index (χ0) is 11.2. The number of esters is 1. The smallest absolute Gasteiger partial charge is 0.330 e. The van der Waals surface area contributed by atoms with Gasteiger partial charge < -0.3 is 4.74 Å². The van der Waals surface area contributed by atoms with Gasteiger partial charge in [0.05, 0.1) is 0 Å². The van der Waals surface area contributed by atoms with Crippen LogP contribution in [0.2, 0.25) is 0 Å². The summed E-state index contributed by atoms with van der Waals surface area (Å²) in [5.41, 5.74) is 0. The highest BCUT2D eigenvalue weighted by Crippen LogP contribution is 2.22. The molecule has 0 amide bonds. The minimum Gasteiger partial charge on any atom is -0.459 e. The summed E-state index contributed by atoms with van der Waals surface area (Å²) >= 11 is 0. The molecule has 2 aliphatic carbocycles. The molecule has 1 atom stereocenters. The summed E-state index contributed by atoms with van der Waals surface area (Å²) in [5, 5.41) is 0. The molecule has 0 bridgehead atoms. The van der Waals surface area contributed by atoms with Crippen LogP contribution in [0.25, 0.3) is 0 Å². The van der Waals surface area contributed by atoms with E-state index < -0.39 is 0 Å². The summed E-state index contributed by atoms with van der Waals surface area (Å²) in [5.74, 6) is 0.377. The fourth-order valence-electron chi connectivity index (χ4n) is 2.42. The van der Waals surface area contributed by atoms with Crippen LogP contribution in [0.4, 0.5) is 0 Å². The van der Waals surface area contributed by atoms with Crippen LogP contribution in [0.1, 0.15) is 44.9 Å². The van der Waals surface area contributed by atoms with Crippen molar-refractivity contribution in [1.82, 2.24) is 0 Å². The third-order valence-electron chi connectivity index (χ3n) is 3.40. The monoisotopic (exact) mass is 220 g/mol. The first kappa shape index (κ1) is 11.4. The van der Waals surface area contributed by atoms with Gasteiger partial charge in [-0.2, -0.15) is 0 Å². The summed E-state index contributed by atoms with van der Waals surface area (Å²) in [7, 11) is 0. The topological polar surface area (TPSA) is 26.3 Å². The van der Waals surface area contributed by atoms with E-state index in [0.717, 1.165) is 32.1 Å². The first-order chi connectivity index (χ1) is 7.84. The number of ether oxygens (including phenoxy) is 1. The highest BCUT2D eigenvalue weighted by Gasteiger charge is 2.18. The van der Waals surface area contributed by atoms with Crippen LogP contribution >= 0.6 is 0 Å². The molecule has 88 valence electrons. The molecule has 0 heterocycles. The van der Waals surface area contributed by atoms with Crippen LogP contribution in [0.5, 0.6) is 0 Å². The summed E-state index contributed by atoms with van der Waals surface area (Å²) in [6.07, 6.45) is 16.1. The normalized spacial score (nSPS) is 26.4. The van der Waals surface area contributed by atoms with Crippen LogP contribution in [0, 0.1) is 5.92 Å². The summed E-state index contributed by atoms with van der Waals surface area (Å²) < 4.78 is 5.36. The van der Waals surface area contributed by atoms with Crippen LogP contribution < -0.4 is 0 Å². The molecule has 1 unspecified atom stereocenters. The summed E-state index contributed by atoms with van der Waals surface area (Å²) in [6.45, 7) is 0. The Bertz CT molecular complexity index is 285. The van der Waals surface area contributed by atoms with Gasteiger partial charge in [0.1, 0.15) is 6.10 Å². The van der Waals surface area contributed by atoms with Crippen LogP contribution in [0.15, 0.2) is 24.3 Å². The summed E-state index contributed by atoms with van der Waals surface area (Å²) in [6, 6.07) is 0. The molecule has 0 aromatic carbocycles. The maximum Gasteiger partial charge on any atom is 0.330 e. The molecule has 0 spiro atoms. The number of carbonyl (C=O) groups excluding carboxylic acids is 1. The molecule has 2 heteroatoms. The molecule has 1 saturated carbocycles. The second-order valence-corrected chi connectivity index (χ2v) is 4.75. The second-order valence-electron chi connectivity index (χ2n) is 4.75. The van der Waals surface area contributed by atoms with Gasteiger partial charge in [-0.05, 0) is 50.9 Å². The first-order valence-electron chi connectivity index (χ1n) is 6.38. The van der Waals surface area contributed by atoms with Gasteiger partial charge in [0, 0.05) is 6.08 Å². The lowest BCUT2D eigenvalue weighted by Crippen LogP contribution is -2.12. The quantitative estimate of drug-likeness (QED) is 0.414. The third-order valence-corrected chi connectivity index (χ3v) is 3.40. The average molecular weight is 220 g/mol. The minimum absolute atomic E-state index is 0.151. The molecule has 0 aliphatic heterocycles. The third kappa shape index (κ3) is 3.51. The van der Waals surface area contributed by atoms with Crippen LogP contribution in [-0.4, -0.2) is 12.1 Å². The molecule has 0 N–H and O–H groups in total. The van der Waals surface area contributed by atoms with E-state index in [2.05, 4.69) is 12.2 Å². The average Bonchev–Trinajstić information content (AvgIpc) is 2.81. The summed E-state index contributed by atoms with van der Waals surface area (Å²) in [4.78, 5) is 11.5. The van der Waals surface area contributed by atoms with Gasteiger partial charge in [-0.1, -0.05) is 18.2 Å². The Kier molecular flexibility index (Phi) is 4.20. The highest BCUT2D eigenvalue weighted by atomic mass is 16.5. The van der Waals surface area contributed by atoms with Gasteiger partial charge in [-0.25, -0.2) is 4.79 Å². The zero-order valence-corrected chi connectivity index (χ0v) is 9.73. The van der Waals surface area contributed by atoms with Gasteiger partial charge in [0.15, 0.2) is 0 Å². The molecule has 2 nitrogen and oxygen atoms in total. The maximum absolute atomic E-state index is 11.5. The standard InChI is InChI=1S/C14H20O2/c15-14(16-13-8-4-5-9-13)11-10-12-6-2-1-3-7-12/h1-2,10-13H,3-9H2. The molecule has 0 radical (unpaired) electrons. The number of allylic oxidation sites excluding steroid dienone is 3. The van der Waals surface area contributed by atoms with Gasteiger partial charge in [0.25, 0.3) is 0 Å². The molecule has 0 saturated heterocycles. The van der Waals surface area contributed by atoms with Gasteiger partial charge in [-0.3, -0.25) is 0 Å². The molecule has 16 heavy (non-hydrogen) atoms. The van der Waals surface area contributed by atoms with Crippen molar-refractivity contribution in [3.8, 4) is 0 Å². The van der Waals surface area contributed by atoms with E-state index in [1.807, 2.05) is 6.08 Å². The largest absolute Gasteiger partial charge is 0.459 e. The van der Waals surface area contributed by atoms with E-state index in [1.165, 1.54) is 12.8 Å². The fourth-order valence-corrected chi connectivity index (χ4v) is 2.42. The number of hydrogen-bond donors (Lipinski definition) is 0. The van der Waals surface area contributed by atoms with E-state index in [9.17, 15) is 4.79 Å². The molecular formula is C14H20O2. The van der Waals surface area contributed by atoms with Gasteiger partial charge in [0.2, 0.25) is 0 Å². The Morgan fingerprint density at radius 3 is 2.69 bits per heavy atom. The number of hydrogen-bond acceptors (Lipinski definition) is 2. The van der Waals surface area contributed by atoms with Crippen LogP contribution in [0.3, 0.4) is 0 Å². The molecular weight excluding hydrogens is 200 g/mol. The van der Waals surface area contributed by atoms with Crippen molar-refractivity contribution in [3.63, 3.8) is 0 Å². The van der Waals surface area contributed by atoms with Crippen molar-refractivity contribution >= 4 is 5.97 Å². The number of carbonyl (C=O) groups is 1. The van der Waals surface area contributed by atoms with Crippen molar-refractivity contribution < 1.29 is 9.53 Å². The molecule has 2 aliphatic rings. The Morgan fingerprint density at radius 1 is 1.19 bits per heavy atom. The highest BCUT2D eigenvalue weighted by molar-refractivity contribution is 5.82. The lowest BCUT2D eigenvalue weighted by molar-refractivity contribution is -0.142. The van der Waals surface area contributed by atoms with E-state index in [4.69, 9.17) is 4.74 Å². The SMILES string of the molecule is O=C(C=CC1CC=CCC1)OC1CCCC1. The Hall–Kier alpha value is -1.05. The first-order valence-corrected chi connectivity index (χ1v) is 6.38. The Balaban J connectivity index is 1.72. The molecule has 2 rings (SSSR count). The van der Waals surface area contributed by atoms with Crippen molar-refractivity contribution in [3.05, 3.63) is 24.3 Å². The Morgan fingerprint density at radius 2 is 2.00 bits per heavy atom. The van der Waals surface area contributed by atoms with Crippen molar-refractivity contribution in [1.29, 1.82) is 0 Å². The van der Waals surface area contributed by atoms with E-state index in [1.54, 1.807) is 6.08 Å². The van der Waals surface area contributed by atoms with E-state index >= 15 is 0 Å². The van der Waals surface area contributed by atoms with Crippen molar-refractivity contribution in [2.24, 2.45) is 5.92 Å². The van der Waals surface area contributed by atoms with Crippen LogP contribution in [-0.2, 0) is 9.53 Å². The fraction of sp³-hybridized carbons (Fsp3) is 0.643. The lowest BCUT2D eigenvalue weighted by Gasteiger charge is -2.13. The van der Waals surface area contributed by atoms with E-state index in [-0.39, 0.29) is 12.1 Å². The molecule has 1 fully saturated rings. The maximum atomic E-state index is 11.5. The minimum atomic E-state index is -0.151. The Labute approximate surface area is 97.4 Å². The second kappa shape index (κ2) is 5.88. The van der Waals surface area contributed by atoms with Crippen molar-refractivity contribution in [2.45, 2.75) is 51.0 Å². The predicted octanol–water partition coefficient (Wildman–Crippen LogP) is 3.38. The van der Waals surface area contributed by atoms with Gasteiger partial charge in [-0.15, -0.1) is 0 Å². The molecule has 0 aromatic rings. The predicted molar refractivity (Wildman–Crippen MR) is 64.0 cm³/mol. The van der Waals surface area contributed by atoms with Gasteiger partial charge >= 0.3 is 5.97 Å². The van der Waals surface area contributed by atoms with Crippen molar-refractivity contribution in [2.75, 3.05) is 0 Å². The zero-order valence-electron chi connectivity index (χ0n) is 9.73. The number of rotatable bonds is 3. The van der Waals surface area contributed by atoms with E-state index in [0.29, 0.717) is 5.92 Å². The molecule has 0 aromatic heterocycles. The lowest BCUT2D eigenvalue weighted by atomic mass is 9.94.